The van der Waals surface area contributed by atoms with Crippen molar-refractivity contribution in [1.29, 1.82) is 0 Å². The number of rotatable bonds is 4. The third-order valence-corrected chi connectivity index (χ3v) is 3.36. The Labute approximate surface area is 121 Å². The third kappa shape index (κ3) is 4.40. The Bertz CT molecular complexity index is 524. The van der Waals surface area contributed by atoms with E-state index >= 15 is 0 Å². The average molecular weight is 273 g/mol. The minimum Gasteiger partial charge on any atom is -0.384 e. The molecule has 0 saturated heterocycles. The summed E-state index contributed by atoms with van der Waals surface area (Å²) in [5.74, 6) is 5.82. The summed E-state index contributed by atoms with van der Waals surface area (Å²) in [6.07, 6.45) is 0.909. The van der Waals surface area contributed by atoms with E-state index in [0.29, 0.717) is 11.5 Å². The molecule has 0 aromatic heterocycles. The van der Waals surface area contributed by atoms with E-state index in [4.69, 9.17) is 5.11 Å². The molecule has 2 N–H and O–H groups in total. The van der Waals surface area contributed by atoms with Crippen LogP contribution in [-0.4, -0.2) is 23.7 Å². The van der Waals surface area contributed by atoms with Gasteiger partial charge in [-0.15, -0.1) is 0 Å². The number of aliphatic hydroxyl groups is 1. The Morgan fingerprint density at radius 3 is 2.65 bits per heavy atom. The predicted octanol–water partition coefficient (Wildman–Crippen LogP) is 2.50. The van der Waals surface area contributed by atoms with E-state index in [1.807, 2.05) is 19.1 Å². The molecule has 0 saturated carbocycles. The number of aliphatic hydroxyl groups excluding tert-OH is 1. The molecule has 0 aliphatic rings. The highest BCUT2D eigenvalue weighted by atomic mass is 16.2. The van der Waals surface area contributed by atoms with Crippen LogP contribution in [0.5, 0.6) is 0 Å². The van der Waals surface area contributed by atoms with Crippen LogP contribution in [0.25, 0.3) is 0 Å². The van der Waals surface area contributed by atoms with E-state index < -0.39 is 0 Å². The predicted molar refractivity (Wildman–Crippen MR) is 81.5 cm³/mol. The highest BCUT2D eigenvalue weighted by Crippen LogP contribution is 2.12. The first-order valence-electron chi connectivity index (χ1n) is 7.00. The normalized spacial score (nSPS) is 11.7. The second-order valence-electron chi connectivity index (χ2n) is 5.22. The Balaban J connectivity index is 2.94. The van der Waals surface area contributed by atoms with Gasteiger partial charge in [0.05, 0.1) is 0 Å². The first-order chi connectivity index (χ1) is 9.49. The van der Waals surface area contributed by atoms with E-state index in [9.17, 15) is 4.79 Å². The van der Waals surface area contributed by atoms with E-state index in [0.717, 1.165) is 17.5 Å². The lowest BCUT2D eigenvalue weighted by Gasteiger charge is -2.20. The lowest BCUT2D eigenvalue weighted by atomic mass is 10.0. The standard InChI is InChI=1S/C17H23NO2/c1-5-16(12(2)3)18-17(20)15-9-8-13(4)14(11-15)7-6-10-19/h8-9,11-12,16,19H,5,10H2,1-4H3,(H,18,20). The molecule has 0 spiro atoms. The van der Waals surface area contributed by atoms with Crippen LogP contribution in [0, 0.1) is 24.7 Å². The Hall–Kier alpha value is -1.79. The Morgan fingerprint density at radius 1 is 1.40 bits per heavy atom. The molecule has 0 heterocycles. The van der Waals surface area contributed by atoms with Crippen molar-refractivity contribution in [2.75, 3.05) is 6.61 Å². The molecule has 0 aliphatic heterocycles. The van der Waals surface area contributed by atoms with Gasteiger partial charge in [0.25, 0.3) is 5.91 Å². The molecule has 1 aromatic rings. The van der Waals surface area contributed by atoms with Gasteiger partial charge in [-0.25, -0.2) is 0 Å². The van der Waals surface area contributed by atoms with Gasteiger partial charge in [0.15, 0.2) is 0 Å². The van der Waals surface area contributed by atoms with Gasteiger partial charge in [-0.05, 0) is 37.0 Å². The van der Waals surface area contributed by atoms with Crippen LogP contribution in [0.3, 0.4) is 0 Å². The van der Waals surface area contributed by atoms with Gasteiger partial charge in [0, 0.05) is 17.2 Å². The molecule has 3 heteroatoms. The van der Waals surface area contributed by atoms with Crippen LogP contribution in [-0.2, 0) is 0 Å². The van der Waals surface area contributed by atoms with Gasteiger partial charge < -0.3 is 10.4 Å². The van der Waals surface area contributed by atoms with Crippen molar-refractivity contribution >= 4 is 5.91 Å². The van der Waals surface area contributed by atoms with Crippen molar-refractivity contribution < 1.29 is 9.90 Å². The molecule has 1 rings (SSSR count). The van der Waals surface area contributed by atoms with Crippen LogP contribution in [0.1, 0.15) is 48.7 Å². The summed E-state index contributed by atoms with van der Waals surface area (Å²) in [5, 5.41) is 11.8. The summed E-state index contributed by atoms with van der Waals surface area (Å²) >= 11 is 0. The molecule has 0 bridgehead atoms. The molecular formula is C17H23NO2. The number of carbonyl (C=O) groups is 1. The summed E-state index contributed by atoms with van der Waals surface area (Å²) in [5.41, 5.74) is 2.39. The first kappa shape index (κ1) is 16.3. The smallest absolute Gasteiger partial charge is 0.251 e. The van der Waals surface area contributed by atoms with Crippen molar-refractivity contribution in [3.05, 3.63) is 34.9 Å². The number of benzene rings is 1. The first-order valence-corrected chi connectivity index (χ1v) is 7.00. The minimum atomic E-state index is -0.179. The van der Waals surface area contributed by atoms with Crippen molar-refractivity contribution in [3.8, 4) is 11.8 Å². The molecule has 1 amide bonds. The fourth-order valence-electron chi connectivity index (χ4n) is 2.02. The van der Waals surface area contributed by atoms with Crippen LogP contribution in [0.15, 0.2) is 18.2 Å². The number of aryl methyl sites for hydroxylation is 1. The summed E-state index contributed by atoms with van der Waals surface area (Å²) in [6.45, 7) is 8.02. The molecule has 108 valence electrons. The number of nitrogens with one attached hydrogen (secondary N) is 1. The fourth-order valence-corrected chi connectivity index (χ4v) is 2.02. The maximum absolute atomic E-state index is 12.2. The zero-order chi connectivity index (χ0) is 15.1. The lowest BCUT2D eigenvalue weighted by molar-refractivity contribution is 0.0924. The van der Waals surface area contributed by atoms with Crippen LogP contribution in [0.4, 0.5) is 0 Å². The topological polar surface area (TPSA) is 49.3 Å². The van der Waals surface area contributed by atoms with Crippen molar-refractivity contribution in [3.63, 3.8) is 0 Å². The summed E-state index contributed by atoms with van der Waals surface area (Å²) in [7, 11) is 0. The van der Waals surface area contributed by atoms with E-state index in [1.54, 1.807) is 6.07 Å². The fraction of sp³-hybridized carbons (Fsp3) is 0.471. The van der Waals surface area contributed by atoms with Gasteiger partial charge in [0.1, 0.15) is 6.61 Å². The van der Waals surface area contributed by atoms with Crippen molar-refractivity contribution in [1.82, 2.24) is 5.32 Å². The molecule has 20 heavy (non-hydrogen) atoms. The zero-order valence-electron chi connectivity index (χ0n) is 12.7. The van der Waals surface area contributed by atoms with Crippen molar-refractivity contribution in [2.24, 2.45) is 5.92 Å². The molecular weight excluding hydrogens is 250 g/mol. The van der Waals surface area contributed by atoms with Gasteiger partial charge in [0.2, 0.25) is 0 Å². The van der Waals surface area contributed by atoms with Crippen LogP contribution in [0.2, 0.25) is 0 Å². The molecule has 0 radical (unpaired) electrons. The SMILES string of the molecule is CCC(NC(=O)c1ccc(C)c(C#CCO)c1)C(C)C. The Morgan fingerprint density at radius 2 is 2.10 bits per heavy atom. The van der Waals surface area contributed by atoms with Crippen molar-refractivity contribution in [2.45, 2.75) is 40.2 Å². The summed E-state index contributed by atoms with van der Waals surface area (Å²) in [6, 6.07) is 5.64. The van der Waals surface area contributed by atoms with Gasteiger partial charge >= 0.3 is 0 Å². The maximum Gasteiger partial charge on any atom is 0.251 e. The van der Waals surface area contributed by atoms with Gasteiger partial charge in [-0.2, -0.15) is 0 Å². The van der Waals surface area contributed by atoms with E-state index in [2.05, 4.69) is 37.9 Å². The number of carbonyl (C=O) groups excluding carboxylic acids is 1. The van der Waals surface area contributed by atoms with E-state index in [-0.39, 0.29) is 18.6 Å². The monoisotopic (exact) mass is 273 g/mol. The van der Waals surface area contributed by atoms with Crippen LogP contribution >= 0.6 is 0 Å². The molecule has 1 aromatic carbocycles. The third-order valence-electron chi connectivity index (χ3n) is 3.36. The molecule has 1 atom stereocenters. The molecule has 0 aliphatic carbocycles. The number of hydrogen-bond donors (Lipinski definition) is 2. The number of amides is 1. The summed E-state index contributed by atoms with van der Waals surface area (Å²) < 4.78 is 0. The average Bonchev–Trinajstić information content (AvgIpc) is 2.43. The van der Waals surface area contributed by atoms with Crippen LogP contribution < -0.4 is 5.32 Å². The van der Waals surface area contributed by atoms with E-state index in [1.165, 1.54) is 0 Å². The number of hydrogen-bond acceptors (Lipinski definition) is 2. The highest BCUT2D eigenvalue weighted by molar-refractivity contribution is 5.94. The Kier molecular flexibility index (Phi) is 6.27. The molecule has 3 nitrogen and oxygen atoms in total. The highest BCUT2D eigenvalue weighted by Gasteiger charge is 2.15. The largest absolute Gasteiger partial charge is 0.384 e. The summed E-state index contributed by atoms with van der Waals surface area (Å²) in [4.78, 5) is 12.2. The maximum atomic E-state index is 12.2. The minimum absolute atomic E-state index is 0.0717. The van der Waals surface area contributed by atoms with Gasteiger partial charge in [-0.1, -0.05) is 38.7 Å². The molecule has 0 fully saturated rings. The van der Waals surface area contributed by atoms with Gasteiger partial charge in [-0.3, -0.25) is 4.79 Å². The second kappa shape index (κ2) is 7.72. The quantitative estimate of drug-likeness (QED) is 0.828. The second-order valence-corrected chi connectivity index (χ2v) is 5.22. The lowest BCUT2D eigenvalue weighted by Crippen LogP contribution is -2.38. The molecule has 1 unspecified atom stereocenters. The zero-order valence-corrected chi connectivity index (χ0v) is 12.7.